The lowest BCUT2D eigenvalue weighted by molar-refractivity contribution is 0.0939. The normalized spacial score (nSPS) is 12.2. The van der Waals surface area contributed by atoms with Crippen LogP contribution in [-0.4, -0.2) is 15.5 Å². The molecule has 1 atom stereocenters. The van der Waals surface area contributed by atoms with E-state index in [2.05, 4.69) is 10.3 Å². The van der Waals surface area contributed by atoms with Crippen LogP contribution in [0.4, 0.5) is 8.78 Å². The van der Waals surface area contributed by atoms with Crippen molar-refractivity contribution in [2.24, 2.45) is 7.05 Å². The van der Waals surface area contributed by atoms with E-state index in [1.807, 2.05) is 0 Å². The Morgan fingerprint density at radius 1 is 1.23 bits per heavy atom. The molecule has 8 heteroatoms. The van der Waals surface area contributed by atoms with E-state index in [1.54, 1.807) is 14.0 Å². The Morgan fingerprint density at radius 3 is 2.65 bits per heavy atom. The Kier molecular flexibility index (Phi) is 4.69. The second-order valence-corrected chi connectivity index (χ2v) is 6.30. The van der Waals surface area contributed by atoms with Gasteiger partial charge in [0, 0.05) is 24.2 Å². The predicted molar refractivity (Wildman–Crippen MR) is 96.6 cm³/mol. The van der Waals surface area contributed by atoms with Crippen LogP contribution in [0.15, 0.2) is 41.2 Å². The molecule has 3 aromatic rings. The van der Waals surface area contributed by atoms with Crippen LogP contribution in [0.25, 0.3) is 10.9 Å². The van der Waals surface area contributed by atoms with Crippen molar-refractivity contribution < 1.29 is 13.6 Å². The fourth-order valence-electron chi connectivity index (χ4n) is 2.66. The van der Waals surface area contributed by atoms with Crippen molar-refractivity contribution in [2.75, 3.05) is 0 Å². The van der Waals surface area contributed by atoms with Gasteiger partial charge in [-0.25, -0.2) is 8.78 Å². The highest BCUT2D eigenvalue weighted by Crippen LogP contribution is 2.19. The number of benzene rings is 2. The number of H-pyrrole nitrogens is 1. The molecule has 0 spiro atoms. The third kappa shape index (κ3) is 3.28. The van der Waals surface area contributed by atoms with Gasteiger partial charge in [-0.15, -0.1) is 0 Å². The van der Waals surface area contributed by atoms with Crippen LogP contribution in [0, 0.1) is 16.4 Å². The van der Waals surface area contributed by atoms with Crippen molar-refractivity contribution in [2.45, 2.75) is 13.0 Å². The summed E-state index contributed by atoms with van der Waals surface area (Å²) in [5, 5.41) is 3.05. The Labute approximate surface area is 152 Å². The Morgan fingerprint density at radius 2 is 1.96 bits per heavy atom. The first-order chi connectivity index (χ1) is 12.3. The molecule has 3 rings (SSSR count). The molecule has 1 amide bonds. The molecule has 5 nitrogen and oxygen atoms in total. The molecule has 0 saturated heterocycles. The number of aromatic nitrogens is 2. The van der Waals surface area contributed by atoms with Crippen molar-refractivity contribution in [3.63, 3.8) is 0 Å². The molecule has 0 aliphatic heterocycles. The molecule has 134 valence electrons. The minimum Gasteiger partial charge on any atom is -0.345 e. The van der Waals surface area contributed by atoms with E-state index in [9.17, 15) is 18.4 Å². The Bertz CT molecular complexity index is 1140. The van der Waals surface area contributed by atoms with Gasteiger partial charge in [-0.2, -0.15) is 0 Å². The zero-order chi connectivity index (χ0) is 19.0. The van der Waals surface area contributed by atoms with Crippen LogP contribution < -0.4 is 10.9 Å². The fourth-order valence-corrected chi connectivity index (χ4v) is 2.85. The minimum absolute atomic E-state index is 0.175. The zero-order valence-corrected chi connectivity index (χ0v) is 14.8. The average molecular weight is 375 g/mol. The van der Waals surface area contributed by atoms with Gasteiger partial charge in [0.2, 0.25) is 0 Å². The molecule has 1 heterocycles. The van der Waals surface area contributed by atoms with Crippen molar-refractivity contribution >= 4 is 29.0 Å². The summed E-state index contributed by atoms with van der Waals surface area (Å²) in [5.41, 5.74) is 0.628. The van der Waals surface area contributed by atoms with E-state index in [0.717, 1.165) is 12.1 Å². The maximum atomic E-state index is 13.8. The number of carbonyl (C=O) groups excluding carboxylic acids is 1. The first-order valence-corrected chi connectivity index (χ1v) is 8.17. The second-order valence-electron chi connectivity index (χ2n) is 5.92. The van der Waals surface area contributed by atoms with Crippen LogP contribution in [0.3, 0.4) is 0 Å². The monoisotopic (exact) mass is 375 g/mol. The number of carbonyl (C=O) groups is 1. The summed E-state index contributed by atoms with van der Waals surface area (Å²) in [7, 11) is 1.56. The highest BCUT2D eigenvalue weighted by atomic mass is 32.1. The number of fused-ring (bicyclic) bond motifs is 1. The summed E-state index contributed by atoms with van der Waals surface area (Å²) in [4.78, 5) is 27.5. The second kappa shape index (κ2) is 6.80. The number of halogens is 2. The van der Waals surface area contributed by atoms with Crippen LogP contribution in [0.5, 0.6) is 0 Å². The number of aromatic amines is 1. The van der Waals surface area contributed by atoms with Gasteiger partial charge in [-0.1, -0.05) is 6.07 Å². The predicted octanol–water partition coefficient (Wildman–Crippen LogP) is 3.37. The van der Waals surface area contributed by atoms with Crippen molar-refractivity contribution in [1.82, 2.24) is 14.9 Å². The summed E-state index contributed by atoms with van der Waals surface area (Å²) < 4.78 is 28.4. The lowest BCUT2D eigenvalue weighted by Gasteiger charge is -2.15. The third-order valence-corrected chi connectivity index (χ3v) is 4.52. The summed E-state index contributed by atoms with van der Waals surface area (Å²) >= 11 is 5.07. The standard InChI is InChI=1S/C18H15F2N3O2S/c1-9(12-6-4-11(19)8-14(12)20)21-16(24)10-3-5-13-15(7-10)22-18(26)23(2)17(13)25/h3-9H,1-2H3,(H,21,24)(H,22,26)/t9-/m0/s1. The molecule has 26 heavy (non-hydrogen) atoms. The number of amides is 1. The van der Waals surface area contributed by atoms with Gasteiger partial charge in [0.1, 0.15) is 11.6 Å². The summed E-state index contributed by atoms with van der Waals surface area (Å²) in [6.45, 7) is 1.60. The van der Waals surface area contributed by atoms with Crippen molar-refractivity contribution in [1.29, 1.82) is 0 Å². The van der Waals surface area contributed by atoms with Gasteiger partial charge in [0.25, 0.3) is 11.5 Å². The summed E-state index contributed by atoms with van der Waals surface area (Å²) in [6.07, 6.45) is 0. The molecule has 0 aliphatic carbocycles. The maximum Gasteiger partial charge on any atom is 0.261 e. The van der Waals surface area contributed by atoms with Crippen molar-refractivity contribution in [3.05, 3.63) is 74.3 Å². The molecule has 0 radical (unpaired) electrons. The lowest BCUT2D eigenvalue weighted by Crippen LogP contribution is -2.27. The van der Waals surface area contributed by atoms with E-state index in [4.69, 9.17) is 12.2 Å². The zero-order valence-electron chi connectivity index (χ0n) is 14.0. The average Bonchev–Trinajstić information content (AvgIpc) is 2.59. The van der Waals surface area contributed by atoms with Crippen molar-refractivity contribution in [3.8, 4) is 0 Å². The quantitative estimate of drug-likeness (QED) is 0.690. The number of hydrogen-bond acceptors (Lipinski definition) is 3. The molecule has 0 fully saturated rings. The molecule has 0 unspecified atom stereocenters. The topological polar surface area (TPSA) is 66.9 Å². The number of nitrogens with one attached hydrogen (secondary N) is 2. The van der Waals surface area contributed by atoms with Gasteiger partial charge >= 0.3 is 0 Å². The SMILES string of the molecule is C[C@H](NC(=O)c1ccc2c(=O)n(C)c(=S)[nH]c2c1)c1ccc(F)cc1F. The van der Waals surface area contributed by atoms with Gasteiger partial charge in [0.15, 0.2) is 4.77 Å². The smallest absolute Gasteiger partial charge is 0.261 e. The molecule has 2 N–H and O–H groups in total. The minimum atomic E-state index is -0.733. The Balaban J connectivity index is 1.91. The lowest BCUT2D eigenvalue weighted by atomic mass is 10.1. The molecule has 2 aromatic carbocycles. The maximum absolute atomic E-state index is 13.8. The number of rotatable bonds is 3. The molecular weight excluding hydrogens is 360 g/mol. The van der Waals surface area contributed by atoms with Gasteiger partial charge in [-0.3, -0.25) is 14.2 Å². The summed E-state index contributed by atoms with van der Waals surface area (Å²) in [5.74, 6) is -1.87. The molecule has 0 bridgehead atoms. The van der Waals surface area contributed by atoms with E-state index in [1.165, 1.54) is 28.8 Å². The fraction of sp³-hybridized carbons (Fsp3) is 0.167. The third-order valence-electron chi connectivity index (χ3n) is 4.14. The molecule has 1 aromatic heterocycles. The van der Waals surface area contributed by atoms with Crippen LogP contribution in [0.1, 0.15) is 28.9 Å². The van der Waals surface area contributed by atoms with E-state index in [-0.39, 0.29) is 21.5 Å². The number of nitrogens with zero attached hydrogens (tertiary/aromatic N) is 1. The summed E-state index contributed by atoms with van der Waals surface area (Å²) in [6, 6.07) is 7.06. The van der Waals surface area contributed by atoms with E-state index >= 15 is 0 Å². The molecular formula is C18H15F2N3O2S. The van der Waals surface area contributed by atoms with Crippen LogP contribution in [0.2, 0.25) is 0 Å². The van der Waals surface area contributed by atoms with E-state index < -0.39 is 23.6 Å². The number of hydrogen-bond donors (Lipinski definition) is 2. The molecule has 0 aliphatic rings. The Hall–Kier alpha value is -2.87. The van der Waals surface area contributed by atoms with Crippen LogP contribution in [-0.2, 0) is 7.05 Å². The van der Waals surface area contributed by atoms with E-state index in [0.29, 0.717) is 10.9 Å². The van der Waals surface area contributed by atoms with Gasteiger partial charge in [-0.05, 0) is 43.4 Å². The first-order valence-electron chi connectivity index (χ1n) is 7.77. The van der Waals surface area contributed by atoms with Crippen LogP contribution >= 0.6 is 12.2 Å². The van der Waals surface area contributed by atoms with Gasteiger partial charge in [0.05, 0.1) is 16.9 Å². The highest BCUT2D eigenvalue weighted by molar-refractivity contribution is 7.71. The largest absolute Gasteiger partial charge is 0.345 e. The highest BCUT2D eigenvalue weighted by Gasteiger charge is 2.16. The van der Waals surface area contributed by atoms with Gasteiger partial charge < -0.3 is 10.3 Å². The first kappa shape index (κ1) is 17.9. The molecule has 0 saturated carbocycles.